The summed E-state index contributed by atoms with van der Waals surface area (Å²) in [5.74, 6) is -3.52. The minimum atomic E-state index is -5.42. The van der Waals surface area contributed by atoms with Gasteiger partial charge in [0.05, 0.1) is 17.9 Å². The third-order valence-corrected chi connectivity index (χ3v) is 2.72. The van der Waals surface area contributed by atoms with Gasteiger partial charge in [-0.25, -0.2) is 0 Å². The Morgan fingerprint density at radius 1 is 1.20 bits per heavy atom. The van der Waals surface area contributed by atoms with Crippen molar-refractivity contribution in [3.63, 3.8) is 0 Å². The lowest BCUT2D eigenvalue weighted by Crippen LogP contribution is -2.46. The highest BCUT2D eigenvalue weighted by Gasteiger charge is 2.61. The number of alkyl halides is 6. The van der Waals surface area contributed by atoms with Gasteiger partial charge in [-0.2, -0.15) is 26.3 Å². The van der Waals surface area contributed by atoms with Crippen LogP contribution in [0, 0.1) is 5.92 Å². The van der Waals surface area contributed by atoms with E-state index in [4.69, 9.17) is 0 Å². The van der Waals surface area contributed by atoms with Gasteiger partial charge in [-0.3, -0.25) is 4.68 Å². The Morgan fingerprint density at radius 3 is 2.10 bits per heavy atom. The number of halogens is 6. The van der Waals surface area contributed by atoms with Gasteiger partial charge in [0, 0.05) is 7.05 Å². The molecule has 0 aliphatic rings. The summed E-state index contributed by atoms with van der Waals surface area (Å²) in [6.45, 7) is 1.65. The van der Waals surface area contributed by atoms with Gasteiger partial charge in [0.25, 0.3) is 0 Å². The fourth-order valence-corrected chi connectivity index (χ4v) is 1.84. The van der Waals surface area contributed by atoms with E-state index in [-0.39, 0.29) is 12.2 Å². The maximum absolute atomic E-state index is 12.8. The lowest BCUT2D eigenvalue weighted by atomic mass is 9.95. The van der Waals surface area contributed by atoms with Gasteiger partial charge < -0.3 is 5.32 Å². The number of rotatable bonds is 5. The predicted octanol–water partition coefficient (Wildman–Crippen LogP) is 2.60. The van der Waals surface area contributed by atoms with Crippen LogP contribution in [0.4, 0.5) is 26.3 Å². The van der Waals surface area contributed by atoms with E-state index in [0.717, 1.165) is 10.9 Å². The fraction of sp³-hybridized carbons (Fsp3) is 0.800. The third-order valence-electron chi connectivity index (χ3n) is 2.72. The summed E-state index contributed by atoms with van der Waals surface area (Å²) in [7, 11) is 1.24. The molecule has 1 atom stereocenters. The van der Waals surface area contributed by atoms with Crippen LogP contribution in [-0.2, 0) is 7.05 Å². The van der Waals surface area contributed by atoms with Crippen LogP contribution in [0.15, 0.2) is 6.20 Å². The van der Waals surface area contributed by atoms with Crippen LogP contribution >= 0.6 is 0 Å². The zero-order valence-electron chi connectivity index (χ0n) is 10.8. The van der Waals surface area contributed by atoms with E-state index >= 15 is 0 Å². The smallest absolute Gasteiger partial charge is 0.308 e. The van der Waals surface area contributed by atoms with Crippen molar-refractivity contribution in [3.05, 3.63) is 11.9 Å². The lowest BCUT2D eigenvalue weighted by Gasteiger charge is -2.31. The monoisotopic (exact) mass is 304 g/mol. The van der Waals surface area contributed by atoms with Gasteiger partial charge in [-0.15, -0.1) is 5.10 Å². The fourth-order valence-electron chi connectivity index (χ4n) is 1.84. The zero-order chi connectivity index (χ0) is 15.6. The molecule has 20 heavy (non-hydrogen) atoms. The molecule has 0 saturated heterocycles. The van der Waals surface area contributed by atoms with Crippen LogP contribution in [0.2, 0.25) is 0 Å². The average molecular weight is 304 g/mol. The molecule has 0 aliphatic carbocycles. The van der Waals surface area contributed by atoms with Gasteiger partial charge >= 0.3 is 12.4 Å². The Labute approximate surface area is 111 Å². The maximum Gasteiger partial charge on any atom is 0.402 e. The SMILES string of the molecule is CCCNC(c1cnnn1C)C(C(F)(F)F)C(F)(F)F. The summed E-state index contributed by atoms with van der Waals surface area (Å²) in [6, 6.07) is -1.98. The molecule has 0 bridgehead atoms. The predicted molar refractivity (Wildman–Crippen MR) is 57.6 cm³/mol. The van der Waals surface area contributed by atoms with E-state index in [1.165, 1.54) is 7.05 Å². The van der Waals surface area contributed by atoms with E-state index in [2.05, 4.69) is 15.6 Å². The van der Waals surface area contributed by atoms with E-state index < -0.39 is 24.3 Å². The Hall–Kier alpha value is -1.32. The molecule has 0 amide bonds. The van der Waals surface area contributed by atoms with Crippen molar-refractivity contribution in [2.75, 3.05) is 6.54 Å². The molecule has 0 radical (unpaired) electrons. The molecular formula is C10H14F6N4. The summed E-state index contributed by atoms with van der Waals surface area (Å²) >= 11 is 0. The highest BCUT2D eigenvalue weighted by molar-refractivity contribution is 5.07. The second kappa shape index (κ2) is 5.98. The normalized spacial score (nSPS) is 14.8. The maximum atomic E-state index is 12.8. The van der Waals surface area contributed by atoms with Crippen molar-refractivity contribution in [2.45, 2.75) is 31.7 Å². The van der Waals surface area contributed by atoms with Gasteiger partial charge in [0.15, 0.2) is 5.92 Å². The summed E-state index contributed by atoms with van der Waals surface area (Å²) in [5.41, 5.74) is -0.266. The number of hydrogen-bond acceptors (Lipinski definition) is 3. The largest absolute Gasteiger partial charge is 0.402 e. The van der Waals surface area contributed by atoms with Crippen molar-refractivity contribution < 1.29 is 26.3 Å². The minimum absolute atomic E-state index is 0.0124. The van der Waals surface area contributed by atoms with E-state index in [1.807, 2.05) is 0 Å². The van der Waals surface area contributed by atoms with Crippen LogP contribution in [0.25, 0.3) is 0 Å². The molecule has 1 unspecified atom stereocenters. The number of nitrogens with one attached hydrogen (secondary N) is 1. The molecule has 4 nitrogen and oxygen atoms in total. The highest BCUT2D eigenvalue weighted by atomic mass is 19.4. The standard InChI is InChI=1S/C10H14F6N4/c1-3-4-17-7(6-5-18-19-20(6)2)8(9(11,12)13)10(14,15)16/h5,7-8,17H,3-4H2,1-2H3. The molecule has 0 aromatic carbocycles. The van der Waals surface area contributed by atoms with E-state index in [0.29, 0.717) is 6.42 Å². The first-order valence-electron chi connectivity index (χ1n) is 5.80. The molecule has 1 heterocycles. The Balaban J connectivity index is 3.22. The van der Waals surface area contributed by atoms with Gasteiger partial charge in [0.2, 0.25) is 0 Å². The zero-order valence-corrected chi connectivity index (χ0v) is 10.8. The first kappa shape index (κ1) is 16.7. The molecule has 1 rings (SSSR count). The summed E-state index contributed by atoms with van der Waals surface area (Å²) in [6.07, 6.45) is -9.55. The average Bonchev–Trinajstić information content (AvgIpc) is 2.66. The lowest BCUT2D eigenvalue weighted by molar-refractivity contribution is -0.293. The second-order valence-electron chi connectivity index (χ2n) is 4.28. The second-order valence-corrected chi connectivity index (χ2v) is 4.28. The molecule has 10 heteroatoms. The molecule has 0 saturated carbocycles. The number of aryl methyl sites for hydroxylation is 1. The Bertz CT molecular complexity index is 410. The molecule has 116 valence electrons. The van der Waals surface area contributed by atoms with Crippen molar-refractivity contribution in [1.82, 2.24) is 20.3 Å². The minimum Gasteiger partial charge on any atom is -0.308 e. The van der Waals surface area contributed by atoms with Gasteiger partial charge in [-0.1, -0.05) is 12.1 Å². The summed E-state index contributed by atoms with van der Waals surface area (Å²) < 4.78 is 77.7. The number of nitrogens with zero attached hydrogens (tertiary/aromatic N) is 3. The van der Waals surface area contributed by atoms with Crippen molar-refractivity contribution in [1.29, 1.82) is 0 Å². The van der Waals surface area contributed by atoms with Crippen LogP contribution in [-0.4, -0.2) is 33.9 Å². The van der Waals surface area contributed by atoms with E-state index in [9.17, 15) is 26.3 Å². The van der Waals surface area contributed by atoms with Crippen molar-refractivity contribution in [2.24, 2.45) is 13.0 Å². The quantitative estimate of drug-likeness (QED) is 0.850. The van der Waals surface area contributed by atoms with Crippen LogP contribution in [0.5, 0.6) is 0 Å². The first-order valence-corrected chi connectivity index (χ1v) is 5.80. The number of hydrogen-bond donors (Lipinski definition) is 1. The van der Waals surface area contributed by atoms with Crippen LogP contribution in [0.1, 0.15) is 25.1 Å². The summed E-state index contributed by atoms with van der Waals surface area (Å²) in [4.78, 5) is 0. The Kier molecular flexibility index (Phi) is 5.00. The molecule has 1 aromatic rings. The molecular weight excluding hydrogens is 290 g/mol. The topological polar surface area (TPSA) is 42.7 Å². The van der Waals surface area contributed by atoms with Gasteiger partial charge in [0.1, 0.15) is 0 Å². The molecule has 0 spiro atoms. The van der Waals surface area contributed by atoms with Crippen molar-refractivity contribution in [3.8, 4) is 0 Å². The Morgan fingerprint density at radius 2 is 1.75 bits per heavy atom. The molecule has 0 aliphatic heterocycles. The van der Waals surface area contributed by atoms with E-state index in [1.54, 1.807) is 6.92 Å². The highest BCUT2D eigenvalue weighted by Crippen LogP contribution is 2.46. The third kappa shape index (κ3) is 3.84. The first-order chi connectivity index (χ1) is 9.09. The van der Waals surface area contributed by atoms with Crippen LogP contribution < -0.4 is 5.32 Å². The van der Waals surface area contributed by atoms with Crippen LogP contribution in [0.3, 0.4) is 0 Å². The molecule has 1 aromatic heterocycles. The number of aromatic nitrogens is 3. The van der Waals surface area contributed by atoms with Gasteiger partial charge in [-0.05, 0) is 13.0 Å². The molecule has 0 fully saturated rings. The summed E-state index contributed by atoms with van der Waals surface area (Å²) in [5, 5.41) is 9.00. The van der Waals surface area contributed by atoms with Crippen molar-refractivity contribution >= 4 is 0 Å². The molecule has 1 N–H and O–H groups in total.